The minimum atomic E-state index is -4.65. The summed E-state index contributed by atoms with van der Waals surface area (Å²) in [4.78, 5) is 8.93. The summed E-state index contributed by atoms with van der Waals surface area (Å²) in [6, 6.07) is 0. The molecule has 0 saturated heterocycles. The van der Waals surface area contributed by atoms with Crippen molar-refractivity contribution in [1.82, 2.24) is 0 Å². The molecule has 0 aliphatic heterocycles. The Morgan fingerprint density at radius 3 is 2.50 bits per heavy atom. The lowest BCUT2D eigenvalue weighted by Crippen LogP contribution is -2.34. The van der Waals surface area contributed by atoms with Gasteiger partial charge in [-0.3, -0.25) is 14.7 Å². The second-order valence-electron chi connectivity index (χ2n) is 3.30. The second kappa shape index (κ2) is 3.81. The fourth-order valence-corrected chi connectivity index (χ4v) is 2.10. The van der Waals surface area contributed by atoms with Gasteiger partial charge in [-0.25, -0.2) is 0 Å². The van der Waals surface area contributed by atoms with E-state index in [-0.39, 0.29) is 0 Å². The van der Waals surface area contributed by atoms with Crippen LogP contribution in [-0.4, -0.2) is 28.1 Å². The zero-order chi connectivity index (χ0) is 12.7. The maximum absolute atomic E-state index is 10.8. The van der Waals surface area contributed by atoms with E-state index in [2.05, 4.69) is 0 Å². The molecule has 1 aliphatic carbocycles. The van der Waals surface area contributed by atoms with Gasteiger partial charge in [-0.1, -0.05) is 11.6 Å². The maximum atomic E-state index is 10.8. The number of hydrogen-bond acceptors (Lipinski definition) is 5. The van der Waals surface area contributed by atoms with Crippen LogP contribution in [-0.2, 0) is 10.1 Å². The van der Waals surface area contributed by atoms with Gasteiger partial charge >= 0.3 is 0 Å². The van der Waals surface area contributed by atoms with Crippen LogP contribution >= 0.6 is 11.6 Å². The topological polar surface area (TPSA) is 118 Å². The highest BCUT2D eigenvalue weighted by Crippen LogP contribution is 2.36. The summed E-state index contributed by atoms with van der Waals surface area (Å²) in [6.07, 6.45) is 1.32. The van der Waals surface area contributed by atoms with E-state index >= 15 is 0 Å². The van der Waals surface area contributed by atoms with E-state index in [0.29, 0.717) is 12.2 Å². The van der Waals surface area contributed by atoms with Gasteiger partial charge < -0.3 is 5.11 Å². The molecule has 0 radical (unpaired) electrons. The van der Waals surface area contributed by atoms with Gasteiger partial charge in [0.25, 0.3) is 15.8 Å². The van der Waals surface area contributed by atoms with Crippen molar-refractivity contribution in [2.45, 2.75) is 12.0 Å². The number of nitro groups is 1. The highest BCUT2D eigenvalue weighted by molar-refractivity contribution is 7.90. The third kappa shape index (κ3) is 2.40. The molecule has 0 amide bonds. The standard InChI is InChI=1S/C7H8ClNO6S/c1-4-6(9(11)12)2-5(16(13,14)15)3-7(4,8)10/h2-4,10H,1H3,(H,13,14,15). The van der Waals surface area contributed by atoms with Crippen LogP contribution in [0.3, 0.4) is 0 Å². The summed E-state index contributed by atoms with van der Waals surface area (Å²) < 4.78 is 30.3. The molecule has 90 valence electrons. The van der Waals surface area contributed by atoms with Gasteiger partial charge in [-0.05, 0) is 13.0 Å². The number of alkyl halides is 1. The van der Waals surface area contributed by atoms with Crippen LogP contribution in [0.5, 0.6) is 0 Å². The largest absolute Gasteiger partial charge is 0.371 e. The Kier molecular flexibility index (Phi) is 3.12. The highest BCUT2D eigenvalue weighted by atomic mass is 35.5. The van der Waals surface area contributed by atoms with E-state index in [1.54, 1.807) is 0 Å². The average Bonchev–Trinajstić information content (AvgIpc) is 2.06. The van der Waals surface area contributed by atoms with Gasteiger partial charge in [0.05, 0.1) is 10.8 Å². The van der Waals surface area contributed by atoms with Gasteiger partial charge in [0.15, 0.2) is 5.06 Å². The lowest BCUT2D eigenvalue weighted by molar-refractivity contribution is -0.435. The molecule has 0 bridgehead atoms. The smallest absolute Gasteiger partial charge is 0.294 e. The van der Waals surface area contributed by atoms with Crippen LogP contribution in [0.15, 0.2) is 22.8 Å². The van der Waals surface area contributed by atoms with Crippen molar-refractivity contribution < 1.29 is 23.0 Å². The summed E-state index contributed by atoms with van der Waals surface area (Å²) in [6.45, 7) is 1.26. The van der Waals surface area contributed by atoms with E-state index in [0.717, 1.165) is 0 Å². The summed E-state index contributed by atoms with van der Waals surface area (Å²) in [5.41, 5.74) is -0.590. The number of hydrogen-bond donors (Lipinski definition) is 2. The first-order chi connectivity index (χ1) is 7.05. The zero-order valence-corrected chi connectivity index (χ0v) is 9.57. The summed E-state index contributed by atoms with van der Waals surface area (Å²) >= 11 is 5.52. The number of rotatable bonds is 2. The lowest BCUT2D eigenvalue weighted by Gasteiger charge is -2.26. The third-order valence-electron chi connectivity index (χ3n) is 2.19. The minimum Gasteiger partial charge on any atom is -0.371 e. The zero-order valence-electron chi connectivity index (χ0n) is 7.99. The normalized spacial score (nSPS) is 30.6. The average molecular weight is 270 g/mol. The molecule has 2 unspecified atom stereocenters. The Balaban J connectivity index is 3.40. The Labute approximate surface area is 95.9 Å². The fourth-order valence-electron chi connectivity index (χ4n) is 1.20. The van der Waals surface area contributed by atoms with Crippen LogP contribution < -0.4 is 0 Å². The maximum Gasteiger partial charge on any atom is 0.294 e. The number of allylic oxidation sites excluding steroid dienone is 1. The van der Waals surface area contributed by atoms with Crippen molar-refractivity contribution in [3.63, 3.8) is 0 Å². The van der Waals surface area contributed by atoms with E-state index < -0.39 is 36.6 Å². The monoisotopic (exact) mass is 269 g/mol. The van der Waals surface area contributed by atoms with Crippen molar-refractivity contribution in [1.29, 1.82) is 0 Å². The molecule has 0 spiro atoms. The Hall–Kier alpha value is -0.960. The summed E-state index contributed by atoms with van der Waals surface area (Å²) in [5, 5.41) is 17.9. The third-order valence-corrected chi connectivity index (χ3v) is 3.46. The molecule has 9 heteroatoms. The number of aliphatic hydroxyl groups is 1. The van der Waals surface area contributed by atoms with E-state index in [1.165, 1.54) is 6.92 Å². The molecule has 1 aliphatic rings. The molecule has 2 N–H and O–H groups in total. The van der Waals surface area contributed by atoms with E-state index in [4.69, 9.17) is 16.2 Å². The van der Waals surface area contributed by atoms with Crippen LogP contribution in [0.25, 0.3) is 0 Å². The molecule has 0 aromatic heterocycles. The molecular formula is C7H8ClNO6S. The quantitative estimate of drug-likeness (QED) is 0.326. The predicted molar refractivity (Wildman–Crippen MR) is 54.7 cm³/mol. The summed E-state index contributed by atoms with van der Waals surface area (Å²) in [5.74, 6) is -1.10. The van der Waals surface area contributed by atoms with Crippen LogP contribution in [0.4, 0.5) is 0 Å². The molecule has 0 fully saturated rings. The second-order valence-corrected chi connectivity index (χ2v) is 5.32. The fraction of sp³-hybridized carbons (Fsp3) is 0.429. The molecule has 0 aromatic carbocycles. The van der Waals surface area contributed by atoms with E-state index in [9.17, 15) is 23.6 Å². The van der Waals surface area contributed by atoms with Crippen molar-refractivity contribution in [3.8, 4) is 0 Å². The summed E-state index contributed by atoms with van der Waals surface area (Å²) in [7, 11) is -4.65. The van der Waals surface area contributed by atoms with E-state index in [1.807, 2.05) is 0 Å². The van der Waals surface area contributed by atoms with Crippen LogP contribution in [0.2, 0.25) is 0 Å². The highest BCUT2D eigenvalue weighted by Gasteiger charge is 2.43. The Morgan fingerprint density at radius 2 is 2.12 bits per heavy atom. The van der Waals surface area contributed by atoms with Crippen molar-refractivity contribution in [2.75, 3.05) is 0 Å². The molecule has 0 heterocycles. The molecule has 2 atom stereocenters. The Morgan fingerprint density at radius 1 is 1.62 bits per heavy atom. The minimum absolute atomic E-state index is 0.590. The van der Waals surface area contributed by atoms with Crippen LogP contribution in [0.1, 0.15) is 6.92 Å². The Bertz CT molecular complexity index is 491. The predicted octanol–water partition coefficient (Wildman–Crippen LogP) is 0.496. The van der Waals surface area contributed by atoms with Gasteiger partial charge in [0, 0.05) is 6.08 Å². The van der Waals surface area contributed by atoms with Crippen molar-refractivity contribution in [2.24, 2.45) is 5.92 Å². The SMILES string of the molecule is CC1C([N+](=O)[O-])=CC(S(=O)(=O)O)=CC1(O)Cl. The molecule has 1 rings (SSSR count). The molecule has 16 heavy (non-hydrogen) atoms. The first-order valence-electron chi connectivity index (χ1n) is 4.03. The van der Waals surface area contributed by atoms with Crippen molar-refractivity contribution >= 4 is 21.7 Å². The lowest BCUT2D eigenvalue weighted by atomic mass is 9.95. The van der Waals surface area contributed by atoms with Crippen molar-refractivity contribution in [3.05, 3.63) is 32.9 Å². The molecule has 7 nitrogen and oxygen atoms in total. The van der Waals surface area contributed by atoms with Gasteiger partial charge in [-0.15, -0.1) is 0 Å². The van der Waals surface area contributed by atoms with Gasteiger partial charge in [0.2, 0.25) is 0 Å². The van der Waals surface area contributed by atoms with Crippen LogP contribution in [0, 0.1) is 16.0 Å². The first-order valence-corrected chi connectivity index (χ1v) is 5.85. The number of nitrogens with zero attached hydrogens (tertiary/aromatic N) is 1. The molecule has 0 aromatic rings. The molecular weight excluding hydrogens is 262 g/mol. The van der Waals surface area contributed by atoms with Gasteiger partial charge in [0.1, 0.15) is 4.91 Å². The van der Waals surface area contributed by atoms with Gasteiger partial charge in [-0.2, -0.15) is 8.42 Å². The number of halogens is 1. The first kappa shape index (κ1) is 13.1. The molecule has 0 saturated carbocycles.